The number of ether oxygens (including phenoxy) is 4. The van der Waals surface area contributed by atoms with Crippen LogP contribution < -0.4 is 14.2 Å². The second-order valence-corrected chi connectivity index (χ2v) is 8.44. The van der Waals surface area contributed by atoms with E-state index in [0.29, 0.717) is 46.4 Å². The number of carbonyl (C=O) groups is 2. The highest BCUT2D eigenvalue weighted by Gasteiger charge is 2.33. The minimum Gasteiger partial charge on any atom is -0.493 e. The van der Waals surface area contributed by atoms with E-state index in [4.69, 9.17) is 30.5 Å². The van der Waals surface area contributed by atoms with Crippen LogP contribution in [0.5, 0.6) is 17.2 Å². The zero-order chi connectivity index (χ0) is 24.9. The first kappa shape index (κ1) is 24.4. The molecule has 0 unspecified atom stereocenters. The SMILES string of the molecule is COC(=O)c1ccc(OC[C@H]2c3cc(OC)c(OC)cc3CCN2C(=O)c2ccc(Cl)cc2)cc1. The predicted molar refractivity (Wildman–Crippen MR) is 132 cm³/mol. The molecule has 0 aromatic heterocycles. The van der Waals surface area contributed by atoms with Crippen molar-refractivity contribution in [2.24, 2.45) is 0 Å². The van der Waals surface area contributed by atoms with Crippen LogP contribution in [0.3, 0.4) is 0 Å². The number of hydrogen-bond acceptors (Lipinski definition) is 6. The van der Waals surface area contributed by atoms with Gasteiger partial charge in [-0.25, -0.2) is 4.79 Å². The zero-order valence-electron chi connectivity index (χ0n) is 19.7. The molecule has 3 aromatic rings. The molecule has 0 saturated carbocycles. The molecule has 0 saturated heterocycles. The standard InChI is InChI=1S/C27H26ClNO6/c1-32-24-14-19-12-13-29(26(30)17-4-8-20(28)9-5-17)23(22(19)15-25(24)33-2)16-35-21-10-6-18(7-11-21)27(31)34-3/h4-11,14-15,23H,12-13,16H2,1-3H3/t23-/m0/s1. The maximum absolute atomic E-state index is 13.5. The molecule has 182 valence electrons. The highest BCUT2D eigenvalue weighted by atomic mass is 35.5. The van der Waals surface area contributed by atoms with Crippen LogP contribution >= 0.6 is 11.6 Å². The van der Waals surface area contributed by atoms with Crippen LogP contribution in [0.25, 0.3) is 0 Å². The van der Waals surface area contributed by atoms with Gasteiger partial charge in [0.15, 0.2) is 11.5 Å². The number of esters is 1. The quantitative estimate of drug-likeness (QED) is 0.431. The summed E-state index contributed by atoms with van der Waals surface area (Å²) >= 11 is 6.02. The van der Waals surface area contributed by atoms with E-state index in [9.17, 15) is 9.59 Å². The van der Waals surface area contributed by atoms with Gasteiger partial charge in [0.25, 0.3) is 5.91 Å². The summed E-state index contributed by atoms with van der Waals surface area (Å²) in [4.78, 5) is 27.0. The van der Waals surface area contributed by atoms with Gasteiger partial charge in [0, 0.05) is 17.1 Å². The first-order valence-electron chi connectivity index (χ1n) is 11.1. The predicted octanol–water partition coefficient (Wildman–Crippen LogP) is 4.96. The van der Waals surface area contributed by atoms with Gasteiger partial charge in [0.05, 0.1) is 32.9 Å². The lowest BCUT2D eigenvalue weighted by Crippen LogP contribution is -2.42. The second-order valence-electron chi connectivity index (χ2n) is 8.00. The summed E-state index contributed by atoms with van der Waals surface area (Å²) in [5.41, 5.74) is 2.98. The summed E-state index contributed by atoms with van der Waals surface area (Å²) in [6.07, 6.45) is 0.666. The lowest BCUT2D eigenvalue weighted by Gasteiger charge is -2.37. The average Bonchev–Trinajstić information content (AvgIpc) is 2.90. The molecule has 1 amide bonds. The molecule has 1 atom stereocenters. The molecule has 1 aliphatic heterocycles. The van der Waals surface area contributed by atoms with Gasteiger partial charge in [-0.2, -0.15) is 0 Å². The van der Waals surface area contributed by atoms with E-state index < -0.39 is 5.97 Å². The number of benzene rings is 3. The topological polar surface area (TPSA) is 74.3 Å². The number of rotatable bonds is 7. The fourth-order valence-corrected chi connectivity index (χ4v) is 4.32. The van der Waals surface area contributed by atoms with E-state index in [0.717, 1.165) is 11.1 Å². The number of methoxy groups -OCH3 is 3. The van der Waals surface area contributed by atoms with Crippen LogP contribution in [0, 0.1) is 0 Å². The first-order chi connectivity index (χ1) is 16.9. The largest absolute Gasteiger partial charge is 0.493 e. The summed E-state index contributed by atoms with van der Waals surface area (Å²) in [5.74, 6) is 1.26. The van der Waals surface area contributed by atoms with Crippen molar-refractivity contribution in [2.45, 2.75) is 12.5 Å². The molecule has 0 aliphatic carbocycles. The van der Waals surface area contributed by atoms with E-state index in [1.165, 1.54) is 7.11 Å². The van der Waals surface area contributed by atoms with Gasteiger partial charge in [-0.1, -0.05) is 11.6 Å². The van der Waals surface area contributed by atoms with Gasteiger partial charge in [-0.3, -0.25) is 4.79 Å². The van der Waals surface area contributed by atoms with Gasteiger partial charge in [0.2, 0.25) is 0 Å². The molecule has 1 heterocycles. The van der Waals surface area contributed by atoms with Crippen LogP contribution in [0.1, 0.15) is 37.9 Å². The smallest absolute Gasteiger partial charge is 0.337 e. The van der Waals surface area contributed by atoms with Gasteiger partial charge < -0.3 is 23.8 Å². The van der Waals surface area contributed by atoms with E-state index in [2.05, 4.69) is 0 Å². The highest BCUT2D eigenvalue weighted by Crippen LogP contribution is 2.39. The Morgan fingerprint density at radius 1 is 0.914 bits per heavy atom. The van der Waals surface area contributed by atoms with E-state index in [-0.39, 0.29) is 18.6 Å². The molecule has 0 radical (unpaired) electrons. The number of hydrogen-bond donors (Lipinski definition) is 0. The normalized spacial score (nSPS) is 14.6. The Labute approximate surface area is 209 Å². The summed E-state index contributed by atoms with van der Waals surface area (Å²) in [7, 11) is 4.52. The summed E-state index contributed by atoms with van der Waals surface area (Å²) in [5, 5.41) is 0.567. The van der Waals surface area contributed by atoms with Crippen LogP contribution in [0.4, 0.5) is 0 Å². The maximum Gasteiger partial charge on any atom is 0.337 e. The average molecular weight is 496 g/mol. The molecular weight excluding hydrogens is 470 g/mol. The van der Waals surface area contributed by atoms with Gasteiger partial charge in [-0.15, -0.1) is 0 Å². The van der Waals surface area contributed by atoms with Crippen molar-refractivity contribution in [3.8, 4) is 17.2 Å². The zero-order valence-corrected chi connectivity index (χ0v) is 20.5. The Bertz CT molecular complexity index is 1210. The summed E-state index contributed by atoms with van der Waals surface area (Å²) < 4.78 is 21.8. The van der Waals surface area contributed by atoms with E-state index in [1.807, 2.05) is 12.1 Å². The lowest BCUT2D eigenvalue weighted by molar-refractivity contribution is 0.0583. The Morgan fingerprint density at radius 2 is 1.54 bits per heavy atom. The van der Waals surface area contributed by atoms with Crippen molar-refractivity contribution in [3.05, 3.63) is 87.9 Å². The molecule has 0 spiro atoms. The number of amides is 1. The molecule has 35 heavy (non-hydrogen) atoms. The number of carbonyl (C=O) groups excluding carboxylic acids is 2. The van der Waals surface area contributed by atoms with E-state index >= 15 is 0 Å². The third kappa shape index (κ3) is 5.20. The van der Waals surface area contributed by atoms with Gasteiger partial charge in [0.1, 0.15) is 12.4 Å². The minimum atomic E-state index is -0.418. The maximum atomic E-state index is 13.5. The van der Waals surface area contributed by atoms with Crippen molar-refractivity contribution < 1.29 is 28.5 Å². The molecule has 8 heteroatoms. The number of halogens is 1. The number of nitrogens with zero attached hydrogens (tertiary/aromatic N) is 1. The Morgan fingerprint density at radius 3 is 2.17 bits per heavy atom. The molecular formula is C27H26ClNO6. The second kappa shape index (κ2) is 10.7. The first-order valence-corrected chi connectivity index (χ1v) is 11.5. The molecule has 3 aromatic carbocycles. The third-order valence-corrected chi connectivity index (χ3v) is 6.29. The van der Waals surface area contributed by atoms with Crippen LogP contribution in [0.2, 0.25) is 5.02 Å². The Kier molecular flexibility index (Phi) is 7.46. The Hall–Kier alpha value is -3.71. The molecule has 4 rings (SSSR count). The molecule has 0 fully saturated rings. The minimum absolute atomic E-state index is 0.114. The van der Waals surface area contributed by atoms with Crippen LogP contribution in [0.15, 0.2) is 60.7 Å². The molecule has 0 N–H and O–H groups in total. The third-order valence-electron chi connectivity index (χ3n) is 6.04. The van der Waals surface area contributed by atoms with Gasteiger partial charge >= 0.3 is 5.97 Å². The summed E-state index contributed by atoms with van der Waals surface area (Å²) in [6.45, 7) is 0.721. The Balaban J connectivity index is 1.66. The number of fused-ring (bicyclic) bond motifs is 1. The van der Waals surface area contributed by atoms with Crippen LogP contribution in [-0.4, -0.2) is 51.3 Å². The van der Waals surface area contributed by atoms with Crippen LogP contribution in [-0.2, 0) is 11.2 Å². The lowest BCUT2D eigenvalue weighted by atomic mass is 9.91. The molecule has 1 aliphatic rings. The molecule has 7 nitrogen and oxygen atoms in total. The highest BCUT2D eigenvalue weighted by molar-refractivity contribution is 6.30. The van der Waals surface area contributed by atoms with E-state index in [1.54, 1.807) is 67.7 Å². The monoisotopic (exact) mass is 495 g/mol. The molecule has 0 bridgehead atoms. The van der Waals surface area contributed by atoms with Crippen molar-refractivity contribution in [1.29, 1.82) is 0 Å². The van der Waals surface area contributed by atoms with Crippen molar-refractivity contribution in [2.75, 3.05) is 34.5 Å². The van der Waals surface area contributed by atoms with Crippen molar-refractivity contribution in [3.63, 3.8) is 0 Å². The fourth-order valence-electron chi connectivity index (χ4n) is 4.19. The fraction of sp³-hybridized carbons (Fsp3) is 0.259. The van der Waals surface area contributed by atoms with Crippen molar-refractivity contribution >= 4 is 23.5 Å². The van der Waals surface area contributed by atoms with Gasteiger partial charge in [-0.05, 0) is 78.2 Å². The summed E-state index contributed by atoms with van der Waals surface area (Å²) in [6, 6.07) is 17.0. The van der Waals surface area contributed by atoms with Crippen molar-refractivity contribution in [1.82, 2.24) is 4.90 Å².